The number of aromatic nitrogens is 2. The molecular formula is C9H11ClN4O3. The summed E-state index contributed by atoms with van der Waals surface area (Å²) < 4.78 is 4.60. The van der Waals surface area contributed by atoms with E-state index in [4.69, 9.17) is 17.3 Å². The Kier molecular flexibility index (Phi) is 4.80. The number of hydrogen-bond donors (Lipinski definition) is 2. The molecule has 1 unspecified atom stereocenters. The fraction of sp³-hybridized carbons (Fsp3) is 0.333. The van der Waals surface area contributed by atoms with Gasteiger partial charge in [-0.1, -0.05) is 0 Å². The van der Waals surface area contributed by atoms with Gasteiger partial charge in [0.1, 0.15) is 5.82 Å². The Morgan fingerprint density at radius 1 is 1.65 bits per heavy atom. The van der Waals surface area contributed by atoms with Crippen molar-refractivity contribution in [3.63, 3.8) is 0 Å². The molecule has 1 atom stereocenters. The molecule has 0 saturated heterocycles. The second-order valence-electron chi connectivity index (χ2n) is 2.93. The summed E-state index contributed by atoms with van der Waals surface area (Å²) in [5, 5.41) is 2.30. The number of halogens is 1. The van der Waals surface area contributed by atoms with Gasteiger partial charge < -0.3 is 15.8 Å². The van der Waals surface area contributed by atoms with Crippen molar-refractivity contribution in [3.8, 4) is 0 Å². The van der Waals surface area contributed by atoms with Gasteiger partial charge in [-0.15, -0.1) is 0 Å². The second-order valence-corrected chi connectivity index (χ2v) is 3.27. The highest BCUT2D eigenvalue weighted by atomic mass is 35.5. The fourth-order valence-electron chi connectivity index (χ4n) is 0.948. The molecule has 0 bridgehead atoms. The summed E-state index contributed by atoms with van der Waals surface area (Å²) in [5.74, 6) is -1.36. The Balaban J connectivity index is 2.63. The van der Waals surface area contributed by atoms with Crippen LogP contribution < -0.4 is 11.1 Å². The molecule has 1 aromatic rings. The van der Waals surface area contributed by atoms with E-state index in [0.717, 1.165) is 0 Å². The number of hydrogen-bond acceptors (Lipinski definition) is 6. The maximum atomic E-state index is 11.5. The van der Waals surface area contributed by atoms with Crippen molar-refractivity contribution in [1.29, 1.82) is 0 Å². The Bertz CT molecular complexity index is 426. The predicted octanol–water partition coefficient (Wildman–Crippen LogP) is -0.0411. The predicted molar refractivity (Wildman–Crippen MR) is 60.3 cm³/mol. The van der Waals surface area contributed by atoms with Gasteiger partial charge in [-0.05, 0) is 24.6 Å². The third-order valence-electron chi connectivity index (χ3n) is 1.70. The molecule has 1 aromatic heterocycles. The van der Waals surface area contributed by atoms with Gasteiger partial charge in [0.2, 0.25) is 5.28 Å². The van der Waals surface area contributed by atoms with E-state index < -0.39 is 17.9 Å². The number of anilines is 1. The number of rotatable bonds is 4. The third kappa shape index (κ3) is 3.97. The van der Waals surface area contributed by atoms with Gasteiger partial charge >= 0.3 is 5.97 Å². The topological polar surface area (TPSA) is 107 Å². The zero-order valence-corrected chi connectivity index (χ0v) is 9.77. The molecule has 1 amide bonds. The normalized spacial score (nSPS) is 11.7. The van der Waals surface area contributed by atoms with E-state index in [2.05, 4.69) is 20.0 Å². The lowest BCUT2D eigenvalue weighted by Gasteiger charge is -2.10. The van der Waals surface area contributed by atoms with E-state index in [0.29, 0.717) is 0 Å². The van der Waals surface area contributed by atoms with Crippen LogP contribution >= 0.6 is 11.6 Å². The monoisotopic (exact) mass is 258 g/mol. The fourth-order valence-corrected chi connectivity index (χ4v) is 1.09. The molecule has 92 valence electrons. The molecule has 0 saturated carbocycles. The Hall–Kier alpha value is -1.73. The SMILES string of the molecule is CCOC(=O)C(N)C(=O)Nc1ccnc(Cl)n1. The van der Waals surface area contributed by atoms with Gasteiger partial charge in [-0.3, -0.25) is 4.79 Å². The van der Waals surface area contributed by atoms with Crippen molar-refractivity contribution in [1.82, 2.24) is 9.97 Å². The van der Waals surface area contributed by atoms with Crippen molar-refractivity contribution in [3.05, 3.63) is 17.5 Å². The lowest BCUT2D eigenvalue weighted by molar-refractivity contribution is -0.146. The Labute approximate surface area is 102 Å². The van der Waals surface area contributed by atoms with Crippen LogP contribution in [0.5, 0.6) is 0 Å². The zero-order valence-electron chi connectivity index (χ0n) is 9.01. The van der Waals surface area contributed by atoms with E-state index in [1.807, 2.05) is 0 Å². The van der Waals surface area contributed by atoms with Gasteiger partial charge in [-0.25, -0.2) is 14.8 Å². The molecule has 3 N–H and O–H groups in total. The molecule has 1 heterocycles. The average Bonchev–Trinajstić information content (AvgIpc) is 2.28. The number of carbonyl (C=O) groups is 2. The lowest BCUT2D eigenvalue weighted by Crippen LogP contribution is -2.43. The van der Waals surface area contributed by atoms with Crippen LogP contribution in [-0.2, 0) is 14.3 Å². The molecule has 0 fully saturated rings. The van der Waals surface area contributed by atoms with E-state index in [9.17, 15) is 9.59 Å². The summed E-state index contributed by atoms with van der Waals surface area (Å²) in [4.78, 5) is 30.0. The minimum Gasteiger partial charge on any atom is -0.464 e. The molecule has 0 aromatic carbocycles. The summed E-state index contributed by atoms with van der Waals surface area (Å²) in [7, 11) is 0. The van der Waals surface area contributed by atoms with Gasteiger partial charge in [0, 0.05) is 6.20 Å². The van der Waals surface area contributed by atoms with Crippen LogP contribution in [0, 0.1) is 0 Å². The summed E-state index contributed by atoms with van der Waals surface area (Å²) >= 11 is 5.52. The second kappa shape index (κ2) is 6.12. The number of esters is 1. The Morgan fingerprint density at radius 2 is 2.35 bits per heavy atom. The van der Waals surface area contributed by atoms with Crippen LogP contribution in [0.3, 0.4) is 0 Å². The van der Waals surface area contributed by atoms with E-state index in [1.54, 1.807) is 6.92 Å². The van der Waals surface area contributed by atoms with Crippen molar-refractivity contribution in [2.45, 2.75) is 13.0 Å². The largest absolute Gasteiger partial charge is 0.464 e. The first-order valence-corrected chi connectivity index (χ1v) is 5.14. The first kappa shape index (κ1) is 13.3. The Morgan fingerprint density at radius 3 is 2.94 bits per heavy atom. The van der Waals surface area contributed by atoms with Crippen LogP contribution in [0.15, 0.2) is 12.3 Å². The van der Waals surface area contributed by atoms with Crippen LogP contribution in [0.25, 0.3) is 0 Å². The summed E-state index contributed by atoms with van der Waals surface area (Å²) in [5.41, 5.74) is 5.37. The molecule has 17 heavy (non-hydrogen) atoms. The highest BCUT2D eigenvalue weighted by Gasteiger charge is 2.23. The zero-order chi connectivity index (χ0) is 12.8. The first-order valence-electron chi connectivity index (χ1n) is 4.76. The number of nitrogens with two attached hydrogens (primary N) is 1. The first-order chi connectivity index (χ1) is 8.04. The van der Waals surface area contributed by atoms with Crippen molar-refractivity contribution < 1.29 is 14.3 Å². The van der Waals surface area contributed by atoms with E-state index in [1.165, 1.54) is 12.3 Å². The molecular weight excluding hydrogens is 248 g/mol. The standard InChI is InChI=1S/C9H11ClN4O3/c1-2-17-8(16)6(11)7(15)13-5-3-4-12-9(10)14-5/h3-4,6H,2,11H2,1H3,(H,12,13,14,15). The van der Waals surface area contributed by atoms with Gasteiger partial charge in [0.25, 0.3) is 5.91 Å². The molecule has 8 heteroatoms. The van der Waals surface area contributed by atoms with Crippen LogP contribution in [0.4, 0.5) is 5.82 Å². The number of nitrogens with one attached hydrogen (secondary N) is 1. The average molecular weight is 259 g/mol. The number of amides is 1. The molecule has 7 nitrogen and oxygen atoms in total. The van der Waals surface area contributed by atoms with Crippen molar-refractivity contribution in [2.75, 3.05) is 11.9 Å². The van der Waals surface area contributed by atoms with Crippen LogP contribution in [0.1, 0.15) is 6.92 Å². The van der Waals surface area contributed by atoms with E-state index >= 15 is 0 Å². The number of carbonyl (C=O) groups excluding carboxylic acids is 2. The van der Waals surface area contributed by atoms with Crippen molar-refractivity contribution >= 4 is 29.3 Å². The maximum absolute atomic E-state index is 11.5. The highest BCUT2D eigenvalue weighted by molar-refractivity contribution is 6.28. The minimum atomic E-state index is -1.40. The number of ether oxygens (including phenoxy) is 1. The molecule has 1 rings (SSSR count). The third-order valence-corrected chi connectivity index (χ3v) is 1.88. The van der Waals surface area contributed by atoms with Crippen molar-refractivity contribution in [2.24, 2.45) is 5.73 Å². The van der Waals surface area contributed by atoms with Crippen LogP contribution in [0.2, 0.25) is 5.28 Å². The summed E-state index contributed by atoms with van der Waals surface area (Å²) in [6.07, 6.45) is 1.36. The summed E-state index contributed by atoms with van der Waals surface area (Å²) in [6, 6.07) is 0.0189. The molecule has 0 spiro atoms. The molecule has 0 aliphatic heterocycles. The minimum absolute atomic E-state index is 0.0208. The van der Waals surface area contributed by atoms with Gasteiger partial charge in [0.15, 0.2) is 6.04 Å². The van der Waals surface area contributed by atoms with E-state index in [-0.39, 0.29) is 17.7 Å². The lowest BCUT2D eigenvalue weighted by atomic mass is 10.3. The maximum Gasteiger partial charge on any atom is 0.332 e. The smallest absolute Gasteiger partial charge is 0.332 e. The molecule has 0 radical (unpaired) electrons. The molecule has 0 aliphatic carbocycles. The highest BCUT2D eigenvalue weighted by Crippen LogP contribution is 2.06. The summed E-state index contributed by atoms with van der Waals surface area (Å²) in [6.45, 7) is 1.77. The number of nitrogens with zero attached hydrogens (tertiary/aromatic N) is 2. The van der Waals surface area contributed by atoms with Crippen LogP contribution in [-0.4, -0.2) is 34.5 Å². The molecule has 0 aliphatic rings. The van der Waals surface area contributed by atoms with Gasteiger partial charge in [0.05, 0.1) is 6.61 Å². The quantitative estimate of drug-likeness (QED) is 0.446. The van der Waals surface area contributed by atoms with Gasteiger partial charge in [-0.2, -0.15) is 0 Å².